The van der Waals surface area contributed by atoms with Gasteiger partial charge in [0.25, 0.3) is 0 Å². The monoisotopic (exact) mass is 209 g/mol. The van der Waals surface area contributed by atoms with E-state index >= 15 is 0 Å². The van der Waals surface area contributed by atoms with Crippen LogP contribution in [0.15, 0.2) is 53.7 Å². The van der Waals surface area contributed by atoms with E-state index in [0.717, 1.165) is 29.0 Å². The number of nitrogens with one attached hydrogen (secondary N) is 1. The highest BCUT2D eigenvalue weighted by Crippen LogP contribution is 2.12. The molecule has 1 aromatic heterocycles. The molecule has 1 aromatic carbocycles. The number of hydrogen-bond acceptors (Lipinski definition) is 2. The number of allylic oxidation sites excluding steroid dienone is 3. The van der Waals surface area contributed by atoms with Crippen LogP contribution in [0.2, 0.25) is 0 Å². The van der Waals surface area contributed by atoms with Crippen molar-refractivity contribution >= 4 is 16.7 Å². The van der Waals surface area contributed by atoms with E-state index in [4.69, 9.17) is 0 Å². The molecule has 0 spiro atoms. The van der Waals surface area contributed by atoms with Gasteiger partial charge in [0.15, 0.2) is 5.82 Å². The van der Waals surface area contributed by atoms with E-state index in [1.54, 1.807) is 0 Å². The first kappa shape index (κ1) is 9.09. The number of aromatic nitrogens is 2. The van der Waals surface area contributed by atoms with Crippen LogP contribution in [-0.4, -0.2) is 15.7 Å². The number of aliphatic imine (C=N–C) groups is 1. The van der Waals surface area contributed by atoms with Crippen LogP contribution in [0.25, 0.3) is 11.0 Å². The number of imidazole rings is 1. The minimum absolute atomic E-state index is 0.823. The van der Waals surface area contributed by atoms with Gasteiger partial charge in [-0.15, -0.1) is 0 Å². The highest BCUT2D eigenvalue weighted by Gasteiger charge is 2.06. The lowest BCUT2D eigenvalue weighted by atomic mass is 10.3. The third-order valence-corrected chi connectivity index (χ3v) is 2.50. The van der Waals surface area contributed by atoms with Crippen LogP contribution < -0.4 is 0 Å². The third kappa shape index (κ3) is 1.56. The molecule has 0 saturated carbocycles. The molecule has 3 nitrogen and oxygen atoms in total. The lowest BCUT2D eigenvalue weighted by Crippen LogP contribution is -1.98. The largest absolute Gasteiger partial charge is 0.337 e. The molecule has 78 valence electrons. The van der Waals surface area contributed by atoms with Crippen LogP contribution in [0.3, 0.4) is 0 Å². The molecular formula is C13H11N3. The topological polar surface area (TPSA) is 41.0 Å². The van der Waals surface area contributed by atoms with Crippen molar-refractivity contribution < 1.29 is 0 Å². The number of rotatable bonds is 1. The molecule has 2 aromatic rings. The Kier molecular flexibility index (Phi) is 2.14. The third-order valence-electron chi connectivity index (χ3n) is 2.50. The van der Waals surface area contributed by atoms with Crippen LogP contribution in [0.4, 0.5) is 0 Å². The molecular weight excluding hydrogens is 198 g/mol. The molecule has 1 aliphatic heterocycles. The molecule has 3 rings (SSSR count). The normalized spacial score (nSPS) is 15.1. The Labute approximate surface area is 93.2 Å². The molecule has 0 radical (unpaired) electrons. The fraction of sp³-hybridized carbons (Fsp3) is 0.0769. The van der Waals surface area contributed by atoms with Gasteiger partial charge in [0, 0.05) is 6.20 Å². The number of fused-ring (bicyclic) bond motifs is 1. The van der Waals surface area contributed by atoms with Crippen molar-refractivity contribution in [2.75, 3.05) is 0 Å². The van der Waals surface area contributed by atoms with Gasteiger partial charge >= 0.3 is 0 Å². The number of hydrogen-bond donors (Lipinski definition) is 1. The minimum atomic E-state index is 0.823. The standard InChI is InChI=1S/C13H11N3/c1-2-8-12(14-9-5-1)13-15-10-6-3-4-7-11(10)16-13/h2-9H,1H2,(H,15,16). The van der Waals surface area contributed by atoms with Gasteiger partial charge < -0.3 is 4.98 Å². The van der Waals surface area contributed by atoms with Gasteiger partial charge in [0.1, 0.15) is 5.71 Å². The van der Waals surface area contributed by atoms with Crippen LogP contribution >= 0.6 is 0 Å². The summed E-state index contributed by atoms with van der Waals surface area (Å²) in [5.74, 6) is 0.823. The first-order valence-corrected chi connectivity index (χ1v) is 5.28. The van der Waals surface area contributed by atoms with E-state index in [-0.39, 0.29) is 0 Å². The van der Waals surface area contributed by atoms with Crippen LogP contribution in [0, 0.1) is 0 Å². The number of nitrogens with zero attached hydrogens (tertiary/aromatic N) is 2. The Balaban J connectivity index is 2.12. The lowest BCUT2D eigenvalue weighted by Gasteiger charge is -1.92. The summed E-state index contributed by atoms with van der Waals surface area (Å²) in [6.45, 7) is 0. The summed E-state index contributed by atoms with van der Waals surface area (Å²) in [5, 5.41) is 0. The van der Waals surface area contributed by atoms with Crippen molar-refractivity contribution in [1.82, 2.24) is 9.97 Å². The number of aromatic amines is 1. The number of benzene rings is 1. The predicted molar refractivity (Wildman–Crippen MR) is 65.5 cm³/mol. The SMILES string of the molecule is C1=CN=C(c2nc3ccccc3[nH]2)C=CC1. The quantitative estimate of drug-likeness (QED) is 0.770. The molecule has 0 unspecified atom stereocenters. The summed E-state index contributed by atoms with van der Waals surface area (Å²) in [6.07, 6.45) is 8.84. The highest BCUT2D eigenvalue weighted by molar-refractivity contribution is 6.08. The van der Waals surface area contributed by atoms with Crippen molar-refractivity contribution in [2.45, 2.75) is 6.42 Å². The van der Waals surface area contributed by atoms with Gasteiger partial charge in [-0.1, -0.05) is 24.3 Å². The van der Waals surface area contributed by atoms with Crippen molar-refractivity contribution in [3.8, 4) is 0 Å². The minimum Gasteiger partial charge on any atom is -0.337 e. The molecule has 16 heavy (non-hydrogen) atoms. The van der Waals surface area contributed by atoms with Gasteiger partial charge in [0.2, 0.25) is 0 Å². The van der Waals surface area contributed by atoms with Gasteiger partial charge in [-0.3, -0.25) is 4.99 Å². The average molecular weight is 209 g/mol. The molecule has 0 atom stereocenters. The van der Waals surface area contributed by atoms with Crippen molar-refractivity contribution in [3.63, 3.8) is 0 Å². The zero-order valence-corrected chi connectivity index (χ0v) is 8.72. The maximum absolute atomic E-state index is 4.51. The van der Waals surface area contributed by atoms with Crippen LogP contribution in [0.1, 0.15) is 12.2 Å². The molecule has 1 aliphatic rings. The first-order valence-electron chi connectivity index (χ1n) is 5.28. The maximum Gasteiger partial charge on any atom is 0.157 e. The summed E-state index contributed by atoms with van der Waals surface area (Å²) in [6, 6.07) is 7.99. The Morgan fingerprint density at radius 3 is 3.00 bits per heavy atom. The molecule has 0 amide bonds. The molecule has 0 saturated heterocycles. The van der Waals surface area contributed by atoms with Gasteiger partial charge in [-0.25, -0.2) is 4.98 Å². The second-order valence-electron chi connectivity index (χ2n) is 3.64. The molecule has 0 fully saturated rings. The second-order valence-corrected chi connectivity index (χ2v) is 3.64. The van der Waals surface area contributed by atoms with Gasteiger partial charge in [-0.05, 0) is 24.6 Å². The molecule has 3 heteroatoms. The van der Waals surface area contributed by atoms with Gasteiger partial charge in [-0.2, -0.15) is 0 Å². The Morgan fingerprint density at radius 2 is 2.06 bits per heavy atom. The maximum atomic E-state index is 4.51. The number of H-pyrrole nitrogens is 1. The van der Waals surface area contributed by atoms with Crippen LogP contribution in [-0.2, 0) is 0 Å². The molecule has 2 heterocycles. The molecule has 0 aliphatic carbocycles. The zero-order valence-electron chi connectivity index (χ0n) is 8.72. The first-order chi connectivity index (χ1) is 7.93. The average Bonchev–Trinajstić information content (AvgIpc) is 2.56. The zero-order chi connectivity index (χ0) is 10.8. The summed E-state index contributed by atoms with van der Waals surface area (Å²) >= 11 is 0. The van der Waals surface area contributed by atoms with E-state index in [0.29, 0.717) is 0 Å². The fourth-order valence-corrected chi connectivity index (χ4v) is 1.71. The molecule has 1 N–H and O–H groups in total. The van der Waals surface area contributed by atoms with Crippen molar-refractivity contribution in [2.24, 2.45) is 4.99 Å². The summed E-state index contributed by atoms with van der Waals surface area (Å²) < 4.78 is 0. The summed E-state index contributed by atoms with van der Waals surface area (Å²) in [7, 11) is 0. The van der Waals surface area contributed by atoms with E-state index in [2.05, 4.69) is 21.0 Å². The van der Waals surface area contributed by atoms with Crippen molar-refractivity contribution in [1.29, 1.82) is 0 Å². The van der Waals surface area contributed by atoms with Crippen LogP contribution in [0.5, 0.6) is 0 Å². The summed E-state index contributed by atoms with van der Waals surface area (Å²) in [5.41, 5.74) is 2.90. The highest BCUT2D eigenvalue weighted by atomic mass is 14.9. The second kappa shape index (κ2) is 3.77. The van der Waals surface area contributed by atoms with E-state index in [9.17, 15) is 0 Å². The number of para-hydroxylation sites is 2. The summed E-state index contributed by atoms with van der Waals surface area (Å²) in [4.78, 5) is 12.1. The Hall–Kier alpha value is -2.16. The Bertz CT molecular complexity index is 569. The van der Waals surface area contributed by atoms with E-state index < -0.39 is 0 Å². The Morgan fingerprint density at radius 1 is 1.12 bits per heavy atom. The van der Waals surface area contributed by atoms with E-state index in [1.165, 1.54) is 0 Å². The van der Waals surface area contributed by atoms with Crippen molar-refractivity contribution in [3.05, 3.63) is 54.5 Å². The lowest BCUT2D eigenvalue weighted by molar-refractivity contribution is 1.28. The van der Waals surface area contributed by atoms with Gasteiger partial charge in [0.05, 0.1) is 11.0 Å². The van der Waals surface area contributed by atoms with E-state index in [1.807, 2.05) is 42.6 Å². The fourth-order valence-electron chi connectivity index (χ4n) is 1.71. The predicted octanol–water partition coefficient (Wildman–Crippen LogP) is 2.83. The molecule has 0 bridgehead atoms. The smallest absolute Gasteiger partial charge is 0.157 e.